The van der Waals surface area contributed by atoms with Crippen LogP contribution in [0.3, 0.4) is 0 Å². The highest BCUT2D eigenvalue weighted by Crippen LogP contribution is 2.28. The fourth-order valence-corrected chi connectivity index (χ4v) is 2.76. The van der Waals surface area contributed by atoms with Crippen molar-refractivity contribution in [2.45, 2.75) is 4.90 Å². The number of aromatic amines is 1. The molecule has 2 heterocycles. The Labute approximate surface area is 111 Å². The van der Waals surface area contributed by atoms with Crippen molar-refractivity contribution in [2.75, 3.05) is 6.26 Å². The number of benzene rings is 1. The van der Waals surface area contributed by atoms with Crippen LogP contribution >= 0.6 is 0 Å². The van der Waals surface area contributed by atoms with E-state index < -0.39 is 9.84 Å². The maximum absolute atomic E-state index is 11.6. The van der Waals surface area contributed by atoms with Gasteiger partial charge in [-0.05, 0) is 29.8 Å². The third-order valence-electron chi connectivity index (χ3n) is 3.02. The molecule has 0 aliphatic heterocycles. The minimum Gasteiger partial charge on any atom is -0.346 e. The van der Waals surface area contributed by atoms with Crippen LogP contribution in [0.25, 0.3) is 22.2 Å². The maximum Gasteiger partial charge on any atom is 0.175 e. The normalized spacial score (nSPS) is 11.8. The van der Waals surface area contributed by atoms with Gasteiger partial charge in [-0.15, -0.1) is 0 Å². The van der Waals surface area contributed by atoms with Gasteiger partial charge in [-0.25, -0.2) is 13.4 Å². The third-order valence-corrected chi connectivity index (χ3v) is 4.13. The molecule has 0 fully saturated rings. The van der Waals surface area contributed by atoms with Gasteiger partial charge >= 0.3 is 0 Å². The molecule has 0 unspecified atom stereocenters. The quantitative estimate of drug-likeness (QED) is 0.780. The van der Waals surface area contributed by atoms with E-state index in [4.69, 9.17) is 0 Å². The number of H-pyrrole nitrogens is 1. The highest BCUT2D eigenvalue weighted by Gasteiger charge is 2.11. The average Bonchev–Trinajstić information content (AvgIpc) is 2.82. The van der Waals surface area contributed by atoms with Crippen LogP contribution in [-0.2, 0) is 9.84 Å². The first kappa shape index (κ1) is 11.9. The van der Waals surface area contributed by atoms with E-state index in [1.807, 2.05) is 24.4 Å². The molecule has 96 valence electrons. The lowest BCUT2D eigenvalue weighted by molar-refractivity contribution is 0.602. The van der Waals surface area contributed by atoms with E-state index >= 15 is 0 Å². The molecule has 1 N–H and O–H groups in total. The Balaban J connectivity index is 2.22. The van der Waals surface area contributed by atoms with Crippen LogP contribution < -0.4 is 0 Å². The van der Waals surface area contributed by atoms with Gasteiger partial charge < -0.3 is 4.98 Å². The first-order chi connectivity index (χ1) is 9.05. The summed E-state index contributed by atoms with van der Waals surface area (Å²) in [5.74, 6) is 0. The van der Waals surface area contributed by atoms with Crippen molar-refractivity contribution in [1.29, 1.82) is 0 Å². The zero-order valence-corrected chi connectivity index (χ0v) is 11.1. The molecule has 5 heteroatoms. The zero-order valence-electron chi connectivity index (χ0n) is 10.3. The first-order valence-corrected chi connectivity index (χ1v) is 7.67. The summed E-state index contributed by atoms with van der Waals surface area (Å²) >= 11 is 0. The standard InChI is InChI=1S/C14H12N2O2S/c1-19(17,18)11-5-2-4-10(8-11)13-9-16-14-12(13)6-3-7-15-14/h2-9H,1H3,(H,15,16). The summed E-state index contributed by atoms with van der Waals surface area (Å²) in [6.45, 7) is 0. The molecule has 2 aromatic heterocycles. The number of hydrogen-bond acceptors (Lipinski definition) is 3. The van der Waals surface area contributed by atoms with E-state index in [1.54, 1.807) is 24.4 Å². The Morgan fingerprint density at radius 1 is 1.16 bits per heavy atom. The van der Waals surface area contributed by atoms with Crippen LogP contribution in [0.1, 0.15) is 0 Å². The van der Waals surface area contributed by atoms with E-state index in [0.29, 0.717) is 4.90 Å². The minimum absolute atomic E-state index is 0.322. The van der Waals surface area contributed by atoms with Gasteiger partial charge in [-0.1, -0.05) is 12.1 Å². The van der Waals surface area contributed by atoms with Gasteiger partial charge in [0.2, 0.25) is 0 Å². The molecule has 3 aromatic rings. The van der Waals surface area contributed by atoms with E-state index in [9.17, 15) is 8.42 Å². The van der Waals surface area contributed by atoms with E-state index in [2.05, 4.69) is 9.97 Å². The summed E-state index contributed by atoms with van der Waals surface area (Å²) in [7, 11) is -3.20. The fourth-order valence-electron chi connectivity index (χ4n) is 2.09. The van der Waals surface area contributed by atoms with Gasteiger partial charge in [0, 0.05) is 29.6 Å². The summed E-state index contributed by atoms with van der Waals surface area (Å²) in [6.07, 6.45) is 4.78. The molecular weight excluding hydrogens is 260 g/mol. The van der Waals surface area contributed by atoms with Gasteiger partial charge in [0.1, 0.15) is 5.65 Å². The van der Waals surface area contributed by atoms with Gasteiger partial charge in [0.15, 0.2) is 9.84 Å². The maximum atomic E-state index is 11.6. The zero-order chi connectivity index (χ0) is 13.5. The van der Waals surface area contributed by atoms with Crippen LogP contribution in [0.5, 0.6) is 0 Å². The van der Waals surface area contributed by atoms with Crippen LogP contribution in [0, 0.1) is 0 Å². The lowest BCUT2D eigenvalue weighted by Gasteiger charge is -2.03. The Hall–Kier alpha value is -2.14. The topological polar surface area (TPSA) is 62.8 Å². The van der Waals surface area contributed by atoms with E-state index in [1.165, 1.54) is 6.26 Å². The highest BCUT2D eigenvalue weighted by molar-refractivity contribution is 7.90. The molecular formula is C14H12N2O2S. The van der Waals surface area contributed by atoms with E-state index in [-0.39, 0.29) is 0 Å². The SMILES string of the molecule is CS(=O)(=O)c1cccc(-c2c[nH]c3ncccc23)c1. The van der Waals surface area contributed by atoms with E-state index in [0.717, 1.165) is 22.2 Å². The molecule has 0 saturated carbocycles. The monoisotopic (exact) mass is 272 g/mol. The number of nitrogens with zero attached hydrogens (tertiary/aromatic N) is 1. The molecule has 0 radical (unpaired) electrons. The van der Waals surface area contributed by atoms with Crippen molar-refractivity contribution in [3.05, 3.63) is 48.8 Å². The molecule has 0 aliphatic rings. The number of fused-ring (bicyclic) bond motifs is 1. The molecule has 3 rings (SSSR count). The Kier molecular flexibility index (Phi) is 2.64. The molecule has 4 nitrogen and oxygen atoms in total. The van der Waals surface area contributed by atoms with Crippen LogP contribution in [0.15, 0.2) is 53.7 Å². The number of sulfone groups is 1. The van der Waals surface area contributed by atoms with Crippen LogP contribution in [0.2, 0.25) is 0 Å². The van der Waals surface area contributed by atoms with Crippen molar-refractivity contribution in [2.24, 2.45) is 0 Å². The van der Waals surface area contributed by atoms with Crippen LogP contribution in [0.4, 0.5) is 0 Å². The molecule has 0 spiro atoms. The Bertz CT molecular complexity index is 851. The molecule has 1 aromatic carbocycles. The van der Waals surface area contributed by atoms with Gasteiger partial charge in [0.05, 0.1) is 4.90 Å². The van der Waals surface area contributed by atoms with Gasteiger partial charge in [0.25, 0.3) is 0 Å². The van der Waals surface area contributed by atoms with Crippen molar-refractivity contribution >= 4 is 20.9 Å². The largest absolute Gasteiger partial charge is 0.346 e. The predicted molar refractivity (Wildman–Crippen MR) is 74.6 cm³/mol. The summed E-state index contributed by atoms with van der Waals surface area (Å²) < 4.78 is 23.2. The molecule has 0 saturated heterocycles. The average molecular weight is 272 g/mol. The lowest BCUT2D eigenvalue weighted by atomic mass is 10.1. The minimum atomic E-state index is -3.20. The number of hydrogen-bond donors (Lipinski definition) is 1. The smallest absolute Gasteiger partial charge is 0.175 e. The van der Waals surface area contributed by atoms with Crippen LogP contribution in [-0.4, -0.2) is 24.6 Å². The summed E-state index contributed by atoms with van der Waals surface area (Å²) in [6, 6.07) is 10.8. The van der Waals surface area contributed by atoms with Crippen molar-refractivity contribution in [1.82, 2.24) is 9.97 Å². The summed E-state index contributed by atoms with van der Waals surface area (Å²) in [4.78, 5) is 7.63. The van der Waals surface area contributed by atoms with Crippen molar-refractivity contribution < 1.29 is 8.42 Å². The molecule has 0 amide bonds. The third kappa shape index (κ3) is 2.13. The number of aromatic nitrogens is 2. The first-order valence-electron chi connectivity index (χ1n) is 5.78. The number of rotatable bonds is 2. The molecule has 19 heavy (non-hydrogen) atoms. The van der Waals surface area contributed by atoms with Gasteiger partial charge in [-0.3, -0.25) is 0 Å². The summed E-state index contributed by atoms with van der Waals surface area (Å²) in [5.41, 5.74) is 2.61. The fraction of sp³-hybridized carbons (Fsp3) is 0.0714. The van der Waals surface area contributed by atoms with Gasteiger partial charge in [-0.2, -0.15) is 0 Å². The predicted octanol–water partition coefficient (Wildman–Crippen LogP) is 2.63. The number of nitrogens with one attached hydrogen (secondary N) is 1. The summed E-state index contributed by atoms with van der Waals surface area (Å²) in [5, 5.41) is 0.980. The highest BCUT2D eigenvalue weighted by atomic mass is 32.2. The second-order valence-electron chi connectivity index (χ2n) is 4.40. The van der Waals surface area contributed by atoms with Crippen molar-refractivity contribution in [3.8, 4) is 11.1 Å². The second-order valence-corrected chi connectivity index (χ2v) is 6.42. The second kappa shape index (κ2) is 4.20. The molecule has 0 aliphatic carbocycles. The molecule has 0 bridgehead atoms. The number of pyridine rings is 1. The Morgan fingerprint density at radius 2 is 2.00 bits per heavy atom. The van der Waals surface area contributed by atoms with Crippen molar-refractivity contribution in [3.63, 3.8) is 0 Å². The Morgan fingerprint density at radius 3 is 2.79 bits per heavy atom. The lowest BCUT2D eigenvalue weighted by Crippen LogP contribution is -1.96. The molecule has 0 atom stereocenters.